The van der Waals surface area contributed by atoms with Gasteiger partial charge in [0.15, 0.2) is 0 Å². The number of amides is 2. The molecule has 0 aromatic rings. The van der Waals surface area contributed by atoms with E-state index in [4.69, 9.17) is 14.2 Å². The Hall–Kier alpha value is -1.53. The highest BCUT2D eigenvalue weighted by Crippen LogP contribution is 2.60. The van der Waals surface area contributed by atoms with E-state index in [0.717, 1.165) is 13.1 Å². The molecule has 4 heterocycles. The van der Waals surface area contributed by atoms with Gasteiger partial charge in [0, 0.05) is 44.1 Å². The maximum Gasteiger partial charge on any atom is 0.312 e. The van der Waals surface area contributed by atoms with E-state index < -0.39 is 35.6 Å². The number of esters is 1. The number of rotatable bonds is 10. The van der Waals surface area contributed by atoms with E-state index in [0.29, 0.717) is 39.3 Å². The van der Waals surface area contributed by atoms with Gasteiger partial charge in [0.1, 0.15) is 11.6 Å². The fraction of sp³-hybridized carbons (Fsp3) is 0.783. The Kier molecular flexibility index (Phi) is 7.98. The number of alkyl halides is 1. The average molecular weight is 544 g/mol. The van der Waals surface area contributed by atoms with Crippen LogP contribution in [-0.2, 0) is 28.6 Å². The number of morpholine rings is 1. The molecule has 1 N–H and O–H groups in total. The van der Waals surface area contributed by atoms with Gasteiger partial charge < -0.3 is 29.1 Å². The molecule has 0 radical (unpaired) electrons. The number of carbonyl (C=O) groups excluding carboxylic acids is 3. The summed E-state index contributed by atoms with van der Waals surface area (Å²) in [6, 6.07) is -0.925. The summed E-state index contributed by atoms with van der Waals surface area (Å²) in [7, 11) is 0. The Bertz CT molecular complexity index is 807. The number of hydrogen-bond acceptors (Lipinski definition) is 8. The van der Waals surface area contributed by atoms with Crippen molar-refractivity contribution in [2.24, 2.45) is 11.8 Å². The second kappa shape index (κ2) is 10.6. The van der Waals surface area contributed by atoms with Gasteiger partial charge >= 0.3 is 5.97 Å². The van der Waals surface area contributed by atoms with Gasteiger partial charge in [-0.25, -0.2) is 0 Å². The minimum absolute atomic E-state index is 0.00456. The van der Waals surface area contributed by atoms with E-state index in [1.165, 1.54) is 4.90 Å². The number of aliphatic hydroxyl groups is 1. The Morgan fingerprint density at radius 2 is 2.09 bits per heavy atom. The molecule has 0 aromatic carbocycles. The molecule has 10 nitrogen and oxygen atoms in total. The summed E-state index contributed by atoms with van der Waals surface area (Å²) in [4.78, 5) is 45.6. The first kappa shape index (κ1) is 25.6. The lowest BCUT2D eigenvalue weighted by molar-refractivity contribution is -0.155. The molecule has 1 spiro atoms. The van der Waals surface area contributed by atoms with E-state index in [1.54, 1.807) is 17.9 Å². The van der Waals surface area contributed by atoms with E-state index in [2.05, 4.69) is 27.4 Å². The average Bonchev–Trinajstić information content (AvgIpc) is 3.41. The van der Waals surface area contributed by atoms with Gasteiger partial charge in [0.25, 0.3) is 0 Å². The van der Waals surface area contributed by atoms with Crippen molar-refractivity contribution in [1.82, 2.24) is 14.7 Å². The monoisotopic (exact) mass is 543 g/mol. The first-order valence-corrected chi connectivity index (χ1v) is 12.9. The third-order valence-corrected chi connectivity index (χ3v) is 8.22. The molecule has 0 aliphatic carbocycles. The van der Waals surface area contributed by atoms with Gasteiger partial charge in [-0.15, -0.1) is 6.58 Å². The van der Waals surface area contributed by atoms with Gasteiger partial charge in [0.2, 0.25) is 11.8 Å². The molecular weight excluding hydrogens is 510 g/mol. The summed E-state index contributed by atoms with van der Waals surface area (Å²) >= 11 is 3.62. The van der Waals surface area contributed by atoms with Gasteiger partial charge in [-0.2, -0.15) is 0 Å². The largest absolute Gasteiger partial charge is 0.466 e. The minimum atomic E-state index is -1.14. The van der Waals surface area contributed by atoms with Crippen LogP contribution in [0.25, 0.3) is 0 Å². The molecule has 0 saturated carbocycles. The Morgan fingerprint density at radius 3 is 2.74 bits per heavy atom. The summed E-state index contributed by atoms with van der Waals surface area (Å²) in [5.41, 5.74) is -1.14. The molecule has 3 unspecified atom stereocenters. The molecule has 4 rings (SSSR count). The SMILES string of the molecule is C=CCN(CCN1CCOCC1)C(=O)C1N(CCO)C(=O)[C@@H]2[C@@H](C(=O)OCC)[C@@H]3OC12CC3Br. The highest BCUT2D eigenvalue weighted by atomic mass is 79.9. The summed E-state index contributed by atoms with van der Waals surface area (Å²) in [6.45, 7) is 9.82. The summed E-state index contributed by atoms with van der Waals surface area (Å²) < 4.78 is 17.1. The first-order valence-electron chi connectivity index (χ1n) is 12.0. The van der Waals surface area contributed by atoms with Gasteiger partial charge in [-0.3, -0.25) is 19.3 Å². The van der Waals surface area contributed by atoms with Gasteiger partial charge in [-0.1, -0.05) is 22.0 Å². The van der Waals surface area contributed by atoms with Crippen molar-refractivity contribution in [2.45, 2.75) is 35.9 Å². The van der Waals surface area contributed by atoms with Crippen LogP contribution in [0.3, 0.4) is 0 Å². The maximum absolute atomic E-state index is 14.0. The number of carbonyl (C=O) groups is 3. The molecule has 2 amide bonds. The maximum atomic E-state index is 14.0. The minimum Gasteiger partial charge on any atom is -0.466 e. The molecule has 0 aromatic heterocycles. The number of β-amino-alcohol motifs (C(OH)–C–C–N with tert-alkyl or cyclic N) is 1. The van der Waals surface area contributed by atoms with Crippen molar-refractivity contribution >= 4 is 33.7 Å². The number of ether oxygens (including phenoxy) is 3. The van der Waals surface area contributed by atoms with E-state index >= 15 is 0 Å². The molecule has 4 aliphatic heterocycles. The van der Waals surface area contributed by atoms with E-state index in [-0.39, 0.29) is 36.4 Å². The number of hydrogen-bond donors (Lipinski definition) is 1. The Labute approximate surface area is 208 Å². The van der Waals surface area contributed by atoms with Crippen LogP contribution in [0.15, 0.2) is 12.7 Å². The van der Waals surface area contributed by atoms with Crippen molar-refractivity contribution in [3.63, 3.8) is 0 Å². The predicted molar refractivity (Wildman–Crippen MR) is 125 cm³/mol. The lowest BCUT2D eigenvalue weighted by Crippen LogP contribution is -2.58. The van der Waals surface area contributed by atoms with Crippen molar-refractivity contribution < 1.29 is 33.7 Å². The number of aliphatic hydroxyl groups excluding tert-OH is 1. The predicted octanol–water partition coefficient (Wildman–Crippen LogP) is -0.363. The molecule has 6 atom stereocenters. The van der Waals surface area contributed by atoms with Crippen molar-refractivity contribution in [3.05, 3.63) is 12.7 Å². The van der Waals surface area contributed by atoms with Crippen LogP contribution in [-0.4, -0.2) is 126 Å². The summed E-state index contributed by atoms with van der Waals surface area (Å²) in [6.07, 6.45) is 1.55. The zero-order valence-corrected chi connectivity index (χ0v) is 21.2. The highest BCUT2D eigenvalue weighted by Gasteiger charge is 2.77. The van der Waals surface area contributed by atoms with E-state index in [1.807, 2.05) is 0 Å². The smallest absolute Gasteiger partial charge is 0.312 e. The molecule has 11 heteroatoms. The number of nitrogens with zero attached hydrogens (tertiary/aromatic N) is 3. The van der Waals surface area contributed by atoms with Crippen LogP contribution >= 0.6 is 15.9 Å². The molecule has 4 aliphatic rings. The molecule has 4 saturated heterocycles. The molecule has 4 fully saturated rings. The fourth-order valence-electron chi connectivity index (χ4n) is 5.97. The second-order valence-electron chi connectivity index (χ2n) is 9.20. The Balaban J connectivity index is 1.62. The first-order chi connectivity index (χ1) is 16.4. The highest BCUT2D eigenvalue weighted by molar-refractivity contribution is 9.09. The Morgan fingerprint density at radius 1 is 1.35 bits per heavy atom. The van der Waals surface area contributed by atoms with Crippen molar-refractivity contribution in [1.29, 1.82) is 0 Å². The summed E-state index contributed by atoms with van der Waals surface area (Å²) in [5.74, 6) is -2.66. The zero-order chi connectivity index (χ0) is 24.5. The van der Waals surface area contributed by atoms with Crippen LogP contribution in [0, 0.1) is 11.8 Å². The third-order valence-electron chi connectivity index (χ3n) is 7.37. The number of fused-ring (bicyclic) bond motifs is 1. The molecule has 190 valence electrons. The van der Waals surface area contributed by atoms with Crippen LogP contribution in [0.5, 0.6) is 0 Å². The number of halogens is 1. The van der Waals surface area contributed by atoms with Gasteiger partial charge in [-0.05, 0) is 13.3 Å². The fourth-order valence-corrected chi connectivity index (χ4v) is 6.91. The van der Waals surface area contributed by atoms with Gasteiger partial charge in [0.05, 0.1) is 44.4 Å². The lowest BCUT2D eigenvalue weighted by atomic mass is 9.70. The quantitative estimate of drug-likeness (QED) is 0.226. The molecular formula is C23H34BrN3O7. The molecule has 34 heavy (non-hydrogen) atoms. The second-order valence-corrected chi connectivity index (χ2v) is 10.4. The molecule has 2 bridgehead atoms. The van der Waals surface area contributed by atoms with Crippen LogP contribution in [0.2, 0.25) is 0 Å². The van der Waals surface area contributed by atoms with Crippen LogP contribution < -0.4 is 0 Å². The van der Waals surface area contributed by atoms with E-state index in [9.17, 15) is 19.5 Å². The normalized spacial score (nSPS) is 34.9. The topological polar surface area (TPSA) is 109 Å². The van der Waals surface area contributed by atoms with Crippen LogP contribution in [0.1, 0.15) is 13.3 Å². The third kappa shape index (κ3) is 4.30. The number of likely N-dealkylation sites (tertiary alicyclic amines) is 1. The summed E-state index contributed by atoms with van der Waals surface area (Å²) in [5, 5.41) is 9.71. The standard InChI is InChI=1S/C23H34BrN3O7/c1-3-5-26(7-6-25-9-12-32-13-10-25)21(30)19-23-14-15(24)18(34-23)16(22(31)33-4-2)17(23)20(29)27(19)8-11-28/h3,15-19,28H,1,4-14H2,2H3/t15?,16-,17+,18-,19?,23?/m1/s1. The van der Waals surface area contributed by atoms with Crippen molar-refractivity contribution in [2.75, 3.05) is 65.7 Å². The van der Waals surface area contributed by atoms with Crippen LogP contribution in [0.4, 0.5) is 0 Å². The van der Waals surface area contributed by atoms with Crippen molar-refractivity contribution in [3.8, 4) is 0 Å². The zero-order valence-electron chi connectivity index (χ0n) is 19.6. The lowest BCUT2D eigenvalue weighted by Gasteiger charge is -2.37.